The number of para-hydroxylation sites is 1. The summed E-state index contributed by atoms with van der Waals surface area (Å²) < 4.78 is 0. The van der Waals surface area contributed by atoms with Crippen LogP contribution in [0, 0.1) is 0 Å². The van der Waals surface area contributed by atoms with Gasteiger partial charge in [0.25, 0.3) is 0 Å². The van der Waals surface area contributed by atoms with Gasteiger partial charge >= 0.3 is 0 Å². The van der Waals surface area contributed by atoms with Crippen LogP contribution in [0.3, 0.4) is 0 Å². The van der Waals surface area contributed by atoms with Crippen LogP contribution in [0.4, 0.5) is 5.95 Å². The van der Waals surface area contributed by atoms with Gasteiger partial charge in [0.2, 0.25) is 5.95 Å². The molecule has 2 aliphatic heterocycles. The van der Waals surface area contributed by atoms with Gasteiger partial charge in [0.05, 0.1) is 5.36 Å². The summed E-state index contributed by atoms with van der Waals surface area (Å²) in [5, 5.41) is 6.03. The molecule has 1 fully saturated rings. The summed E-state index contributed by atoms with van der Waals surface area (Å²) in [6.07, 6.45) is 4.63. The van der Waals surface area contributed by atoms with Gasteiger partial charge in [0.15, 0.2) is 0 Å². The number of aromatic nitrogens is 2. The van der Waals surface area contributed by atoms with Crippen molar-refractivity contribution in [2.24, 2.45) is 4.99 Å². The van der Waals surface area contributed by atoms with Gasteiger partial charge in [0.1, 0.15) is 0 Å². The van der Waals surface area contributed by atoms with E-state index in [0.29, 0.717) is 0 Å². The molecule has 0 unspecified atom stereocenters. The van der Waals surface area contributed by atoms with Crippen molar-refractivity contribution in [2.45, 2.75) is 6.42 Å². The Morgan fingerprint density at radius 2 is 1.76 bits per heavy atom. The largest absolute Gasteiger partial charge is 0.386 e. The molecule has 1 aromatic carbocycles. The smallest absolute Gasteiger partial charge is 0.225 e. The fourth-order valence-electron chi connectivity index (χ4n) is 3.46. The first kappa shape index (κ1) is 16.0. The van der Waals surface area contributed by atoms with Crippen molar-refractivity contribution >= 4 is 11.6 Å². The van der Waals surface area contributed by atoms with Crippen LogP contribution in [0.1, 0.15) is 6.42 Å². The molecule has 1 aromatic heterocycles. The van der Waals surface area contributed by atoms with E-state index in [-0.39, 0.29) is 0 Å². The molecule has 1 saturated heterocycles. The van der Waals surface area contributed by atoms with E-state index in [1.807, 2.05) is 18.5 Å². The van der Waals surface area contributed by atoms with E-state index in [0.717, 1.165) is 63.5 Å². The van der Waals surface area contributed by atoms with Gasteiger partial charge in [-0.15, -0.1) is 0 Å². The standard InChI is InChI=1S/C19H24N6/c1-2-5-17-16(4-1)18(6-9-20-17)21-10-11-24-12-14-25(15-13-24)19-22-7-3-8-23-19/h1-5,7-8,21H,6,9-15H2. The SMILES string of the molecule is c1cnc(N2CCN(CCNC3=c4ccccc4=NCC3)CC2)nc1. The molecule has 6 heteroatoms. The van der Waals surface area contributed by atoms with E-state index in [9.17, 15) is 0 Å². The first-order chi connectivity index (χ1) is 12.4. The average Bonchev–Trinajstić information content (AvgIpc) is 2.69. The van der Waals surface area contributed by atoms with Crippen molar-refractivity contribution in [3.8, 4) is 0 Å². The highest BCUT2D eigenvalue weighted by atomic mass is 15.3. The minimum atomic E-state index is 0.846. The molecular formula is C19H24N6. The monoisotopic (exact) mass is 336 g/mol. The molecule has 0 amide bonds. The topological polar surface area (TPSA) is 56.7 Å². The molecule has 2 aromatic rings. The minimum absolute atomic E-state index is 0.846. The van der Waals surface area contributed by atoms with Crippen LogP contribution in [-0.4, -0.2) is 60.7 Å². The Balaban J connectivity index is 1.29. The highest BCUT2D eigenvalue weighted by Gasteiger charge is 2.18. The second kappa shape index (κ2) is 7.61. The number of benzene rings is 1. The normalized spacial score (nSPS) is 17.8. The van der Waals surface area contributed by atoms with Crippen LogP contribution in [0.25, 0.3) is 5.70 Å². The van der Waals surface area contributed by atoms with Crippen molar-refractivity contribution in [1.29, 1.82) is 0 Å². The van der Waals surface area contributed by atoms with Crippen LogP contribution >= 0.6 is 0 Å². The second-order valence-electron chi connectivity index (χ2n) is 6.43. The Morgan fingerprint density at radius 1 is 0.960 bits per heavy atom. The van der Waals surface area contributed by atoms with E-state index in [4.69, 9.17) is 0 Å². The molecule has 3 heterocycles. The first-order valence-corrected chi connectivity index (χ1v) is 9.01. The summed E-state index contributed by atoms with van der Waals surface area (Å²) >= 11 is 0. The van der Waals surface area contributed by atoms with Crippen molar-refractivity contribution in [1.82, 2.24) is 20.2 Å². The van der Waals surface area contributed by atoms with Crippen molar-refractivity contribution in [3.63, 3.8) is 0 Å². The molecule has 0 radical (unpaired) electrons. The van der Waals surface area contributed by atoms with Crippen molar-refractivity contribution < 1.29 is 0 Å². The van der Waals surface area contributed by atoms with Crippen molar-refractivity contribution in [3.05, 3.63) is 53.3 Å². The van der Waals surface area contributed by atoms with Gasteiger partial charge in [-0.2, -0.15) is 0 Å². The number of hydrogen-bond donors (Lipinski definition) is 1. The van der Waals surface area contributed by atoms with Gasteiger partial charge in [-0.3, -0.25) is 9.89 Å². The first-order valence-electron chi connectivity index (χ1n) is 9.01. The summed E-state index contributed by atoms with van der Waals surface area (Å²) in [7, 11) is 0. The Kier molecular flexibility index (Phi) is 4.88. The summed E-state index contributed by atoms with van der Waals surface area (Å²) in [6, 6.07) is 10.3. The van der Waals surface area contributed by atoms with Gasteiger partial charge in [0, 0.05) is 75.5 Å². The fourth-order valence-corrected chi connectivity index (χ4v) is 3.46. The number of rotatable bonds is 5. The molecule has 0 atom stereocenters. The minimum Gasteiger partial charge on any atom is -0.386 e. The van der Waals surface area contributed by atoms with E-state index in [1.54, 1.807) is 0 Å². The summed E-state index contributed by atoms with van der Waals surface area (Å²) in [4.78, 5) is 18.0. The molecule has 0 spiro atoms. The third-order valence-corrected chi connectivity index (χ3v) is 4.85. The third kappa shape index (κ3) is 3.79. The van der Waals surface area contributed by atoms with Crippen LogP contribution in [0.2, 0.25) is 0 Å². The zero-order valence-electron chi connectivity index (χ0n) is 14.4. The predicted octanol–water partition coefficient (Wildman–Crippen LogP) is 0.0199. The van der Waals surface area contributed by atoms with Gasteiger partial charge < -0.3 is 10.2 Å². The van der Waals surface area contributed by atoms with Crippen molar-refractivity contribution in [2.75, 3.05) is 50.7 Å². The van der Waals surface area contributed by atoms with Gasteiger partial charge in [-0.05, 0) is 12.1 Å². The Bertz CT molecular complexity index is 811. The Hall–Kier alpha value is -2.47. The zero-order chi connectivity index (χ0) is 16.9. The van der Waals surface area contributed by atoms with E-state index in [2.05, 4.69) is 54.3 Å². The quantitative estimate of drug-likeness (QED) is 0.834. The highest BCUT2D eigenvalue weighted by Crippen LogP contribution is 2.09. The highest BCUT2D eigenvalue weighted by molar-refractivity contribution is 5.43. The van der Waals surface area contributed by atoms with E-state index in [1.165, 1.54) is 10.9 Å². The molecule has 0 saturated carbocycles. The number of fused-ring (bicyclic) bond motifs is 1. The maximum absolute atomic E-state index is 4.59. The molecule has 25 heavy (non-hydrogen) atoms. The lowest BCUT2D eigenvalue weighted by atomic mass is 10.1. The molecule has 0 bridgehead atoms. The van der Waals surface area contributed by atoms with Crippen LogP contribution in [0.15, 0.2) is 47.7 Å². The van der Waals surface area contributed by atoms with Gasteiger partial charge in [-0.1, -0.05) is 18.2 Å². The van der Waals surface area contributed by atoms with Crippen LogP contribution in [-0.2, 0) is 0 Å². The lowest BCUT2D eigenvalue weighted by Gasteiger charge is -2.34. The Morgan fingerprint density at radius 3 is 2.60 bits per heavy atom. The molecular weight excluding hydrogens is 312 g/mol. The number of anilines is 1. The molecule has 0 aliphatic carbocycles. The summed E-state index contributed by atoms with van der Waals surface area (Å²) in [5.74, 6) is 0.846. The number of nitrogens with one attached hydrogen (secondary N) is 1. The predicted molar refractivity (Wildman–Crippen MR) is 98.8 cm³/mol. The summed E-state index contributed by atoms with van der Waals surface area (Å²) in [5.41, 5.74) is 1.34. The second-order valence-corrected chi connectivity index (χ2v) is 6.43. The maximum Gasteiger partial charge on any atom is 0.225 e. The fraction of sp³-hybridized carbons (Fsp3) is 0.421. The third-order valence-electron chi connectivity index (χ3n) is 4.85. The van der Waals surface area contributed by atoms with Gasteiger partial charge in [-0.25, -0.2) is 9.97 Å². The number of piperazine rings is 1. The lowest BCUT2D eigenvalue weighted by molar-refractivity contribution is 0.260. The maximum atomic E-state index is 4.59. The van der Waals surface area contributed by atoms with Crippen LogP contribution in [0.5, 0.6) is 0 Å². The Labute approximate surface area is 147 Å². The zero-order valence-corrected chi connectivity index (χ0v) is 14.4. The molecule has 6 nitrogen and oxygen atoms in total. The average molecular weight is 336 g/mol. The summed E-state index contributed by atoms with van der Waals surface area (Å²) in [6.45, 7) is 7.01. The molecule has 1 N–H and O–H groups in total. The number of hydrogen-bond acceptors (Lipinski definition) is 6. The number of nitrogens with zero attached hydrogens (tertiary/aromatic N) is 5. The molecule has 130 valence electrons. The molecule has 2 aliphatic rings. The van der Waals surface area contributed by atoms with E-state index < -0.39 is 0 Å². The molecule has 4 rings (SSSR count). The lowest BCUT2D eigenvalue weighted by Crippen LogP contribution is -2.48. The van der Waals surface area contributed by atoms with Crippen LogP contribution < -0.4 is 20.8 Å². The van der Waals surface area contributed by atoms with E-state index >= 15 is 0 Å².